The fourth-order valence-corrected chi connectivity index (χ4v) is 4.82. The van der Waals surface area contributed by atoms with Crippen LogP contribution in [0.25, 0.3) is 0 Å². The molecule has 4 nitrogen and oxygen atoms in total. The molecule has 0 saturated heterocycles. The molecule has 154 valence electrons. The molecule has 0 radical (unpaired) electrons. The van der Waals surface area contributed by atoms with Gasteiger partial charge in [-0.3, -0.25) is 9.59 Å². The molecule has 0 unspecified atom stereocenters. The van der Waals surface area contributed by atoms with Gasteiger partial charge in [0.15, 0.2) is 0 Å². The third-order valence-corrected chi connectivity index (χ3v) is 6.78. The lowest BCUT2D eigenvalue weighted by atomic mass is 9.87. The van der Waals surface area contributed by atoms with Gasteiger partial charge in [0.2, 0.25) is 0 Å². The van der Waals surface area contributed by atoms with Gasteiger partial charge < -0.3 is 10.6 Å². The van der Waals surface area contributed by atoms with Crippen molar-refractivity contribution >= 4 is 40.9 Å². The third kappa shape index (κ3) is 5.77. The molecule has 1 heterocycles. The Kier molecular flexibility index (Phi) is 7.62. The van der Waals surface area contributed by atoms with Crippen LogP contribution in [-0.2, 0) is 4.79 Å². The van der Waals surface area contributed by atoms with Crippen molar-refractivity contribution in [3.63, 3.8) is 0 Å². The van der Waals surface area contributed by atoms with Gasteiger partial charge in [-0.2, -0.15) is 0 Å². The molecule has 2 N–H and O–H groups in total. The van der Waals surface area contributed by atoms with Gasteiger partial charge in [0.05, 0.1) is 11.3 Å². The molecule has 0 spiro atoms. The first-order valence-corrected chi connectivity index (χ1v) is 11.3. The van der Waals surface area contributed by atoms with Crippen molar-refractivity contribution in [3.8, 4) is 0 Å². The normalized spacial score (nSPS) is 18.0. The zero-order valence-electron chi connectivity index (χ0n) is 16.7. The van der Waals surface area contributed by atoms with E-state index in [1.807, 2.05) is 13.0 Å². The summed E-state index contributed by atoms with van der Waals surface area (Å²) in [5.74, 6) is 0.380. The fourth-order valence-electron chi connectivity index (χ4n) is 3.76. The number of carbonyl (C=O) groups is 2. The molecular formula is C23H27ClN2O2S. The van der Waals surface area contributed by atoms with Gasteiger partial charge in [-0.25, -0.2) is 0 Å². The largest absolute Gasteiger partial charge is 0.352 e. The number of anilines is 1. The van der Waals surface area contributed by atoms with E-state index >= 15 is 0 Å². The Bertz CT molecular complexity index is 870. The first kappa shape index (κ1) is 21.7. The van der Waals surface area contributed by atoms with Crippen LogP contribution in [0.4, 0.5) is 5.69 Å². The van der Waals surface area contributed by atoms with Crippen LogP contribution in [0.15, 0.2) is 57.3 Å². The molecule has 0 atom stereocenters. The number of rotatable bonds is 6. The molecule has 1 aromatic rings. The van der Waals surface area contributed by atoms with Gasteiger partial charge in [-0.15, -0.1) is 0 Å². The zero-order valence-corrected chi connectivity index (χ0v) is 18.3. The third-order valence-electron chi connectivity index (χ3n) is 5.42. The molecule has 1 aliphatic heterocycles. The minimum absolute atomic E-state index is 0.105. The van der Waals surface area contributed by atoms with Crippen LogP contribution in [0, 0.1) is 5.92 Å². The van der Waals surface area contributed by atoms with Crippen molar-refractivity contribution < 1.29 is 9.59 Å². The lowest BCUT2D eigenvalue weighted by molar-refractivity contribution is -0.112. The first-order chi connectivity index (χ1) is 14.0. The summed E-state index contributed by atoms with van der Waals surface area (Å²) in [7, 11) is 0. The fraction of sp³-hybridized carbons (Fsp3) is 0.391. The van der Waals surface area contributed by atoms with E-state index in [0.717, 1.165) is 22.1 Å². The lowest BCUT2D eigenvalue weighted by Crippen LogP contribution is -2.26. The highest BCUT2D eigenvalue weighted by Crippen LogP contribution is 2.38. The summed E-state index contributed by atoms with van der Waals surface area (Å²) in [5.41, 5.74) is 1.68. The molecule has 2 amide bonds. The Labute approximate surface area is 181 Å². The monoisotopic (exact) mass is 430 g/mol. The summed E-state index contributed by atoms with van der Waals surface area (Å²) in [6.45, 7) is 6.19. The van der Waals surface area contributed by atoms with E-state index in [1.165, 1.54) is 49.9 Å². The number of thioether (sulfide) groups is 1. The van der Waals surface area contributed by atoms with Crippen LogP contribution < -0.4 is 10.6 Å². The molecule has 1 saturated carbocycles. The molecule has 6 heteroatoms. The Morgan fingerprint density at radius 1 is 1.34 bits per heavy atom. The molecule has 1 fully saturated rings. The molecule has 3 rings (SSSR count). The Balaban J connectivity index is 1.66. The number of hydrogen-bond donors (Lipinski definition) is 2. The zero-order chi connectivity index (χ0) is 20.8. The number of benzene rings is 1. The van der Waals surface area contributed by atoms with Crippen molar-refractivity contribution in [1.29, 1.82) is 0 Å². The molecule has 1 aliphatic carbocycles. The second-order valence-corrected chi connectivity index (χ2v) is 9.21. The van der Waals surface area contributed by atoms with E-state index in [1.54, 1.807) is 18.2 Å². The van der Waals surface area contributed by atoms with Crippen LogP contribution >= 0.6 is 23.4 Å². The second kappa shape index (κ2) is 10.2. The molecule has 29 heavy (non-hydrogen) atoms. The van der Waals surface area contributed by atoms with Crippen LogP contribution in [-0.4, -0.2) is 18.4 Å². The van der Waals surface area contributed by atoms with Crippen LogP contribution in [0.5, 0.6) is 0 Å². The number of amides is 2. The van der Waals surface area contributed by atoms with Crippen molar-refractivity contribution in [2.45, 2.75) is 50.3 Å². The summed E-state index contributed by atoms with van der Waals surface area (Å²) in [4.78, 5) is 27.0. The summed E-state index contributed by atoms with van der Waals surface area (Å²) >= 11 is 7.51. The van der Waals surface area contributed by atoms with Crippen LogP contribution in [0.2, 0.25) is 0 Å². The van der Waals surface area contributed by atoms with Gasteiger partial charge in [0.1, 0.15) is 0 Å². The van der Waals surface area contributed by atoms with Crippen molar-refractivity contribution in [3.05, 3.63) is 58.0 Å². The summed E-state index contributed by atoms with van der Waals surface area (Å²) in [6, 6.07) is 5.42. The molecular weight excluding hydrogens is 404 g/mol. The summed E-state index contributed by atoms with van der Waals surface area (Å²) < 4.78 is 0. The van der Waals surface area contributed by atoms with Crippen molar-refractivity contribution in [2.24, 2.45) is 5.92 Å². The number of nitrogens with one attached hydrogen (secondary N) is 2. The minimum atomic E-state index is -0.247. The Hall–Kier alpha value is -1.98. The molecule has 0 aromatic heterocycles. The number of carbonyl (C=O) groups excluding carboxylic acids is 2. The molecule has 0 bridgehead atoms. The maximum atomic E-state index is 12.6. The highest BCUT2D eigenvalue weighted by atomic mass is 35.5. The number of fused-ring (bicyclic) bond motifs is 1. The first-order valence-electron chi connectivity index (χ1n) is 10.1. The number of hydrogen-bond acceptors (Lipinski definition) is 3. The second-order valence-electron chi connectivity index (χ2n) is 7.52. The quantitative estimate of drug-likeness (QED) is 0.543. The van der Waals surface area contributed by atoms with Gasteiger partial charge >= 0.3 is 0 Å². The molecule has 2 aliphatic rings. The topological polar surface area (TPSA) is 58.2 Å². The predicted octanol–water partition coefficient (Wildman–Crippen LogP) is 6.01. The van der Waals surface area contributed by atoms with Gasteiger partial charge in [-0.1, -0.05) is 68.1 Å². The van der Waals surface area contributed by atoms with E-state index < -0.39 is 0 Å². The Morgan fingerprint density at radius 3 is 2.83 bits per heavy atom. The van der Waals surface area contributed by atoms with E-state index in [2.05, 4.69) is 17.2 Å². The Morgan fingerprint density at radius 2 is 2.10 bits per heavy atom. The smallest absolute Gasteiger partial charge is 0.256 e. The number of halogens is 1. The average Bonchev–Trinajstić information content (AvgIpc) is 2.84. The van der Waals surface area contributed by atoms with E-state index in [0.29, 0.717) is 28.4 Å². The van der Waals surface area contributed by atoms with Crippen LogP contribution in [0.1, 0.15) is 55.8 Å². The highest BCUT2D eigenvalue weighted by molar-refractivity contribution is 8.03. The van der Waals surface area contributed by atoms with Crippen molar-refractivity contribution in [1.82, 2.24) is 5.32 Å². The maximum absolute atomic E-state index is 12.6. The van der Waals surface area contributed by atoms with Crippen molar-refractivity contribution in [2.75, 3.05) is 11.9 Å². The van der Waals surface area contributed by atoms with E-state index in [9.17, 15) is 9.59 Å². The summed E-state index contributed by atoms with van der Waals surface area (Å²) in [6.07, 6.45) is 10.6. The van der Waals surface area contributed by atoms with Gasteiger partial charge in [0, 0.05) is 22.0 Å². The molecule has 1 aromatic carbocycles. The minimum Gasteiger partial charge on any atom is -0.352 e. The standard InChI is InChI=1S/C23H27ClN2O2S/c1-3-18(24)14-19-15(2)29-21-10-9-17(13-20(21)26-23(19)28)22(27)25-12-11-16-7-5-4-6-8-16/h3,9-10,13-14,16H,1,4-8,11-12H2,2H3,(H,25,27)(H,26,28)/b18-14+. The van der Waals surface area contributed by atoms with Crippen LogP contribution in [0.3, 0.4) is 0 Å². The van der Waals surface area contributed by atoms with E-state index in [-0.39, 0.29) is 11.8 Å². The number of allylic oxidation sites excluding steroid dienone is 3. The summed E-state index contributed by atoms with van der Waals surface area (Å²) in [5, 5.41) is 6.33. The van der Waals surface area contributed by atoms with Gasteiger partial charge in [0.25, 0.3) is 11.8 Å². The van der Waals surface area contributed by atoms with Gasteiger partial charge in [-0.05, 0) is 48.4 Å². The van der Waals surface area contributed by atoms with E-state index in [4.69, 9.17) is 11.6 Å². The highest BCUT2D eigenvalue weighted by Gasteiger charge is 2.21. The predicted molar refractivity (Wildman–Crippen MR) is 121 cm³/mol. The maximum Gasteiger partial charge on any atom is 0.256 e. The SMILES string of the molecule is C=C/C(Cl)=C\C1=C(C)Sc2ccc(C(=O)NCCC3CCCCC3)cc2NC1=O. The average molecular weight is 431 g/mol. The lowest BCUT2D eigenvalue weighted by Gasteiger charge is -2.21.